The van der Waals surface area contributed by atoms with Crippen LogP contribution < -0.4 is 16.0 Å². The molecule has 424 valence electrons. The maximum absolute atomic E-state index is 13.1. The molecule has 0 radical (unpaired) electrons. The van der Waals surface area contributed by atoms with Crippen molar-refractivity contribution in [3.05, 3.63) is 71.8 Å². The van der Waals surface area contributed by atoms with Gasteiger partial charge < -0.3 is 68.4 Å². The van der Waals surface area contributed by atoms with Crippen LogP contribution in [0.15, 0.2) is 60.7 Å². The summed E-state index contributed by atoms with van der Waals surface area (Å²) in [7, 11) is 0. The second kappa shape index (κ2) is 48.6. The molecule has 0 fully saturated rings. The molecule has 2 aromatic carbocycles. The molecule has 75 heavy (non-hydrogen) atoms. The Balaban J connectivity index is 1.40. The Labute approximate surface area is 444 Å². The number of esters is 2. The largest absolute Gasteiger partial charge is 0.481 e. The van der Waals surface area contributed by atoms with Gasteiger partial charge in [0.2, 0.25) is 17.7 Å². The molecular weight excluding hydrogens is 975 g/mol. The van der Waals surface area contributed by atoms with Crippen molar-refractivity contribution in [1.29, 1.82) is 0 Å². The lowest BCUT2D eigenvalue weighted by Gasteiger charge is -2.18. The normalized spacial score (nSPS) is 11.5. The number of amides is 3. The number of hydrogen-bond acceptors (Lipinski definition) is 16. The minimum atomic E-state index is -0.954. The zero-order valence-corrected chi connectivity index (χ0v) is 44.3. The molecule has 0 spiro atoms. The molecule has 2 aromatic rings. The van der Waals surface area contributed by atoms with E-state index in [4.69, 9.17) is 52.5 Å². The van der Waals surface area contributed by atoms with Gasteiger partial charge in [0.05, 0.1) is 112 Å². The van der Waals surface area contributed by atoms with Crippen molar-refractivity contribution in [3.63, 3.8) is 0 Å². The van der Waals surface area contributed by atoms with Crippen LogP contribution >= 0.6 is 0 Å². The third kappa shape index (κ3) is 42.8. The number of nitrogens with one attached hydrogen (secondary N) is 3. The van der Waals surface area contributed by atoms with Gasteiger partial charge in [-0.3, -0.25) is 24.0 Å². The molecule has 0 aliphatic carbocycles. The topological polar surface area (TPSA) is 251 Å². The van der Waals surface area contributed by atoms with E-state index >= 15 is 0 Å². The summed E-state index contributed by atoms with van der Waals surface area (Å²) in [6.45, 7) is 6.48. The van der Waals surface area contributed by atoms with Crippen LogP contribution in [0.5, 0.6) is 0 Å². The highest BCUT2D eigenvalue weighted by Gasteiger charge is 2.23. The standard InChI is InChI=1S/C55H87N3O17/c59-50(56-27-31-68-35-39-72-43-41-70-37-33-66-29-25-51(60)57-28-32-69-36-40-73-44-42-71-38-34-67-30-26-53(62)63)24-23-49(55(65)75-46-48-19-13-10-14-20-48)58-52(61)21-15-7-5-3-1-2-4-6-8-16-22-54(64)74-45-47-17-11-9-12-18-47/h9-14,17-20,49H,1-8,15-16,21-46H2,(H,56,59)(H,57,60)(H,58,61)(H,62,63). The van der Waals surface area contributed by atoms with Crippen molar-refractivity contribution in [2.45, 2.75) is 122 Å². The first-order chi connectivity index (χ1) is 36.7. The van der Waals surface area contributed by atoms with Gasteiger partial charge in [0, 0.05) is 38.8 Å². The molecule has 20 nitrogen and oxygen atoms in total. The van der Waals surface area contributed by atoms with Crippen molar-refractivity contribution >= 4 is 35.6 Å². The molecule has 1 atom stereocenters. The van der Waals surface area contributed by atoms with Crippen LogP contribution in [0.1, 0.15) is 114 Å². The number of unbranched alkanes of at least 4 members (excludes halogenated alkanes) is 9. The maximum Gasteiger partial charge on any atom is 0.328 e. The van der Waals surface area contributed by atoms with Gasteiger partial charge in [-0.2, -0.15) is 0 Å². The van der Waals surface area contributed by atoms with Gasteiger partial charge in [0.1, 0.15) is 19.3 Å². The molecule has 0 aromatic heterocycles. The molecule has 0 aliphatic rings. The lowest BCUT2D eigenvalue weighted by Crippen LogP contribution is -2.42. The molecule has 20 heteroatoms. The molecule has 0 saturated heterocycles. The van der Waals surface area contributed by atoms with Crippen molar-refractivity contribution in [3.8, 4) is 0 Å². The van der Waals surface area contributed by atoms with Gasteiger partial charge in [-0.05, 0) is 30.4 Å². The molecule has 0 aliphatic heterocycles. The number of carboxylic acid groups (broad SMARTS) is 1. The number of carbonyl (C=O) groups is 6. The third-order valence-corrected chi connectivity index (χ3v) is 11.1. The fourth-order valence-corrected chi connectivity index (χ4v) is 6.95. The van der Waals surface area contributed by atoms with Crippen LogP contribution in [0, 0.1) is 0 Å². The number of benzene rings is 2. The summed E-state index contributed by atoms with van der Waals surface area (Å²) >= 11 is 0. The molecule has 2 rings (SSSR count). The zero-order chi connectivity index (χ0) is 53.9. The molecule has 3 amide bonds. The predicted octanol–water partition coefficient (Wildman–Crippen LogP) is 5.65. The van der Waals surface area contributed by atoms with Gasteiger partial charge in [-0.1, -0.05) is 112 Å². The van der Waals surface area contributed by atoms with E-state index < -0.39 is 18.0 Å². The highest BCUT2D eigenvalue weighted by molar-refractivity contribution is 5.85. The lowest BCUT2D eigenvalue weighted by atomic mass is 10.0. The zero-order valence-electron chi connectivity index (χ0n) is 44.3. The van der Waals surface area contributed by atoms with Gasteiger partial charge >= 0.3 is 17.9 Å². The van der Waals surface area contributed by atoms with E-state index in [-0.39, 0.29) is 88.8 Å². The summed E-state index contributed by atoms with van der Waals surface area (Å²) in [5, 5.41) is 16.9. The van der Waals surface area contributed by atoms with Gasteiger partial charge in [-0.25, -0.2) is 4.79 Å². The van der Waals surface area contributed by atoms with E-state index in [9.17, 15) is 28.8 Å². The van der Waals surface area contributed by atoms with E-state index in [1.165, 1.54) is 0 Å². The van der Waals surface area contributed by atoms with Crippen LogP contribution in [0.3, 0.4) is 0 Å². The maximum atomic E-state index is 13.1. The van der Waals surface area contributed by atoms with Gasteiger partial charge in [-0.15, -0.1) is 0 Å². The fraction of sp³-hybridized carbons (Fsp3) is 0.673. The molecular formula is C55H87N3O17. The Kier molecular flexibility index (Phi) is 42.8. The van der Waals surface area contributed by atoms with E-state index in [1.807, 2.05) is 60.7 Å². The highest BCUT2D eigenvalue weighted by atomic mass is 16.6. The van der Waals surface area contributed by atoms with E-state index in [0.29, 0.717) is 112 Å². The van der Waals surface area contributed by atoms with Crippen LogP contribution in [0.25, 0.3) is 0 Å². The summed E-state index contributed by atoms with van der Waals surface area (Å²) < 4.78 is 54.2. The first-order valence-corrected chi connectivity index (χ1v) is 26.8. The summed E-state index contributed by atoms with van der Waals surface area (Å²) in [6.07, 6.45) is 11.1. The first-order valence-electron chi connectivity index (χ1n) is 26.8. The predicted molar refractivity (Wildman–Crippen MR) is 278 cm³/mol. The Morgan fingerprint density at radius 1 is 0.387 bits per heavy atom. The summed E-state index contributed by atoms with van der Waals surface area (Å²) in [5.41, 5.74) is 1.81. The van der Waals surface area contributed by atoms with Gasteiger partial charge in [0.25, 0.3) is 0 Å². The van der Waals surface area contributed by atoms with E-state index in [1.54, 1.807) is 0 Å². The third-order valence-electron chi connectivity index (χ3n) is 11.1. The van der Waals surface area contributed by atoms with E-state index in [0.717, 1.165) is 68.9 Å². The molecule has 4 N–H and O–H groups in total. The number of hydrogen-bond donors (Lipinski definition) is 4. The van der Waals surface area contributed by atoms with E-state index in [2.05, 4.69) is 16.0 Å². The quantitative estimate of drug-likeness (QED) is 0.0462. The summed E-state index contributed by atoms with van der Waals surface area (Å²) in [5.74, 6) is -2.29. The second-order valence-electron chi connectivity index (χ2n) is 17.4. The molecule has 0 bridgehead atoms. The SMILES string of the molecule is O=C(O)CCOCCOCCOCCOCCNC(=O)CCOCCOCCOCCOCCNC(=O)CCC(NC(=O)CCCCCCCCCCCCC(=O)OCc1ccccc1)C(=O)OCc1ccccc1. The van der Waals surface area contributed by atoms with Crippen LogP contribution in [-0.2, 0) is 89.3 Å². The number of ether oxygens (including phenoxy) is 10. The number of carboxylic acids is 1. The van der Waals surface area contributed by atoms with Crippen molar-refractivity contribution in [1.82, 2.24) is 16.0 Å². The average molecular weight is 1060 g/mol. The fourth-order valence-electron chi connectivity index (χ4n) is 6.95. The smallest absolute Gasteiger partial charge is 0.328 e. The highest BCUT2D eigenvalue weighted by Crippen LogP contribution is 2.13. The monoisotopic (exact) mass is 1060 g/mol. The van der Waals surface area contributed by atoms with Gasteiger partial charge in [0.15, 0.2) is 0 Å². The first kappa shape index (κ1) is 66.1. The number of carbonyl (C=O) groups excluding carboxylic acids is 5. The minimum Gasteiger partial charge on any atom is -0.481 e. The Morgan fingerprint density at radius 3 is 1.21 bits per heavy atom. The van der Waals surface area contributed by atoms with Crippen molar-refractivity contribution in [2.24, 2.45) is 0 Å². The number of aliphatic carboxylic acids is 1. The molecule has 0 saturated carbocycles. The van der Waals surface area contributed by atoms with Crippen molar-refractivity contribution in [2.75, 3.05) is 119 Å². The average Bonchev–Trinajstić information content (AvgIpc) is 3.41. The van der Waals surface area contributed by atoms with Crippen LogP contribution in [0.4, 0.5) is 0 Å². The lowest BCUT2D eigenvalue weighted by molar-refractivity contribution is -0.149. The second-order valence-corrected chi connectivity index (χ2v) is 17.4. The Morgan fingerprint density at radius 2 is 0.760 bits per heavy atom. The van der Waals surface area contributed by atoms with Crippen molar-refractivity contribution < 1.29 is 81.2 Å². The Bertz CT molecular complexity index is 1740. The molecule has 1 unspecified atom stereocenters. The number of rotatable bonds is 52. The van der Waals surface area contributed by atoms with Crippen LogP contribution in [0.2, 0.25) is 0 Å². The summed E-state index contributed by atoms with van der Waals surface area (Å²) in [6, 6.07) is 18.0. The Hall–Kier alpha value is -5.06. The van der Waals surface area contributed by atoms with Crippen LogP contribution in [-0.4, -0.2) is 166 Å². The molecule has 0 heterocycles. The minimum absolute atomic E-state index is 0.0176. The summed E-state index contributed by atoms with van der Waals surface area (Å²) in [4.78, 5) is 73.0.